The van der Waals surface area contributed by atoms with Gasteiger partial charge < -0.3 is 15.5 Å². The quantitative estimate of drug-likeness (QED) is 0.892. The number of hydrogen-bond donors (Lipinski definition) is 1. The maximum Gasteiger partial charge on any atom is 0.406 e. The fraction of sp³-hybridized carbons (Fsp3) is 0.294. The van der Waals surface area contributed by atoms with Crippen LogP contribution in [0.15, 0.2) is 42.9 Å². The Kier molecular flexibility index (Phi) is 3.75. The van der Waals surface area contributed by atoms with Crippen molar-refractivity contribution in [2.45, 2.75) is 24.6 Å². The predicted octanol–water partition coefficient (Wildman–Crippen LogP) is 2.70. The number of anilines is 1. The number of likely N-dealkylation sites (tertiary alicyclic amines) is 1. The van der Waals surface area contributed by atoms with Crippen LogP contribution in [0.2, 0.25) is 0 Å². The normalized spacial score (nSPS) is 24.1. The minimum Gasteiger partial charge on any atom is -0.403 e. The lowest BCUT2D eigenvalue weighted by Crippen LogP contribution is -2.49. The van der Waals surface area contributed by atoms with Gasteiger partial charge in [0, 0.05) is 17.5 Å². The Labute approximate surface area is 142 Å². The minimum atomic E-state index is -4.56. The van der Waals surface area contributed by atoms with Crippen LogP contribution < -0.4 is 10.6 Å². The van der Waals surface area contributed by atoms with E-state index in [1.807, 2.05) is 6.07 Å². The molecule has 8 heteroatoms. The van der Waals surface area contributed by atoms with Crippen molar-refractivity contribution in [2.24, 2.45) is 5.73 Å². The third-order valence-electron chi connectivity index (χ3n) is 4.64. The molecular weight excluding hydrogens is 333 g/mol. The standard InChI is InChI=1S/C17H15F3N4O/c1-2-24-12(9-22)5-6-16(24)13-4-3-11(8-21)7-14(13)23(15(16)25)10-17(18,19)20/h2-4,7,9H,1,5-6,10,22H2/b12-9-. The van der Waals surface area contributed by atoms with Crippen molar-refractivity contribution in [3.63, 3.8) is 0 Å². The van der Waals surface area contributed by atoms with Gasteiger partial charge in [0.2, 0.25) is 0 Å². The summed E-state index contributed by atoms with van der Waals surface area (Å²) < 4.78 is 39.1. The molecule has 2 aliphatic heterocycles. The van der Waals surface area contributed by atoms with Crippen LogP contribution >= 0.6 is 0 Å². The van der Waals surface area contributed by atoms with Crippen molar-refractivity contribution in [3.8, 4) is 6.07 Å². The van der Waals surface area contributed by atoms with Crippen LogP contribution in [-0.2, 0) is 10.3 Å². The zero-order chi connectivity index (χ0) is 18.4. The summed E-state index contributed by atoms with van der Waals surface area (Å²) in [5, 5.41) is 9.06. The number of nitriles is 1. The van der Waals surface area contributed by atoms with E-state index in [1.165, 1.54) is 35.5 Å². The molecule has 1 unspecified atom stereocenters. The average molecular weight is 348 g/mol. The zero-order valence-electron chi connectivity index (χ0n) is 13.2. The van der Waals surface area contributed by atoms with Gasteiger partial charge in [-0.2, -0.15) is 18.4 Å². The summed E-state index contributed by atoms with van der Waals surface area (Å²) in [5.74, 6) is -0.688. The van der Waals surface area contributed by atoms with Crippen molar-refractivity contribution >= 4 is 11.6 Å². The van der Waals surface area contributed by atoms with Gasteiger partial charge in [-0.25, -0.2) is 0 Å². The van der Waals surface area contributed by atoms with Crippen LogP contribution in [0.5, 0.6) is 0 Å². The summed E-state index contributed by atoms with van der Waals surface area (Å²) >= 11 is 0. The number of nitrogens with two attached hydrogens (primary N) is 1. The van der Waals surface area contributed by atoms with Crippen molar-refractivity contribution in [3.05, 3.63) is 54.0 Å². The molecule has 1 atom stereocenters. The molecule has 1 amide bonds. The highest BCUT2D eigenvalue weighted by atomic mass is 19.4. The molecule has 1 saturated heterocycles. The Hall–Kier alpha value is -2.95. The van der Waals surface area contributed by atoms with Gasteiger partial charge in [-0.1, -0.05) is 12.6 Å². The van der Waals surface area contributed by atoms with Gasteiger partial charge in [-0.3, -0.25) is 4.79 Å². The molecular formula is C17H15F3N4O. The van der Waals surface area contributed by atoms with Gasteiger partial charge in [0.25, 0.3) is 5.91 Å². The van der Waals surface area contributed by atoms with E-state index in [4.69, 9.17) is 11.0 Å². The fourth-order valence-corrected chi connectivity index (χ4v) is 3.66. The van der Waals surface area contributed by atoms with Gasteiger partial charge in [0.05, 0.1) is 17.3 Å². The molecule has 1 aromatic carbocycles. The highest BCUT2D eigenvalue weighted by molar-refractivity contribution is 6.08. The summed E-state index contributed by atoms with van der Waals surface area (Å²) in [6.45, 7) is 2.27. The molecule has 1 aromatic rings. The molecule has 1 fully saturated rings. The van der Waals surface area contributed by atoms with E-state index < -0.39 is 24.2 Å². The molecule has 25 heavy (non-hydrogen) atoms. The molecule has 5 nitrogen and oxygen atoms in total. The van der Waals surface area contributed by atoms with Gasteiger partial charge >= 0.3 is 6.18 Å². The first-order valence-corrected chi connectivity index (χ1v) is 7.54. The summed E-state index contributed by atoms with van der Waals surface area (Å²) in [6.07, 6.45) is -1.10. The Morgan fingerprint density at radius 1 is 1.44 bits per heavy atom. The average Bonchev–Trinajstić information content (AvgIpc) is 3.05. The Balaban J connectivity index is 2.22. The third kappa shape index (κ3) is 2.35. The number of amides is 1. The second-order valence-electron chi connectivity index (χ2n) is 5.92. The van der Waals surface area contributed by atoms with E-state index in [-0.39, 0.29) is 17.7 Å². The summed E-state index contributed by atoms with van der Waals surface area (Å²) in [4.78, 5) is 15.3. The summed E-state index contributed by atoms with van der Waals surface area (Å²) in [6, 6.07) is 6.25. The second kappa shape index (κ2) is 5.55. The molecule has 0 bridgehead atoms. The SMILES string of the molecule is C=CN1/C(=C\N)CCC12C(=O)N(CC(F)(F)F)c1cc(C#N)ccc12. The number of allylic oxidation sites excluding steroid dienone is 1. The molecule has 2 heterocycles. The van der Waals surface area contributed by atoms with Crippen LogP contribution in [0, 0.1) is 11.3 Å². The molecule has 130 valence electrons. The number of halogens is 3. The lowest BCUT2D eigenvalue weighted by Gasteiger charge is -2.33. The number of carbonyl (C=O) groups is 1. The Morgan fingerprint density at radius 2 is 2.16 bits per heavy atom. The topological polar surface area (TPSA) is 73.4 Å². The van der Waals surface area contributed by atoms with Gasteiger partial charge in [-0.15, -0.1) is 0 Å². The number of nitrogens with zero attached hydrogens (tertiary/aromatic N) is 3. The monoisotopic (exact) mass is 348 g/mol. The lowest BCUT2D eigenvalue weighted by molar-refractivity contribution is -0.137. The molecule has 1 spiro atoms. The smallest absolute Gasteiger partial charge is 0.403 e. The predicted molar refractivity (Wildman–Crippen MR) is 84.8 cm³/mol. The zero-order valence-corrected chi connectivity index (χ0v) is 13.2. The Bertz CT molecular complexity index is 824. The van der Waals surface area contributed by atoms with E-state index in [9.17, 15) is 18.0 Å². The lowest BCUT2D eigenvalue weighted by atomic mass is 9.88. The number of fused-ring (bicyclic) bond motifs is 2. The third-order valence-corrected chi connectivity index (χ3v) is 4.64. The molecule has 0 radical (unpaired) electrons. The van der Waals surface area contributed by atoms with Gasteiger partial charge in [-0.05, 0) is 31.2 Å². The molecule has 2 aliphatic rings. The second-order valence-corrected chi connectivity index (χ2v) is 5.92. The van der Waals surface area contributed by atoms with Crippen LogP contribution in [0.3, 0.4) is 0 Å². The number of rotatable bonds is 2. The molecule has 0 saturated carbocycles. The van der Waals surface area contributed by atoms with E-state index in [0.717, 1.165) is 0 Å². The number of hydrogen-bond acceptors (Lipinski definition) is 4. The molecule has 0 aliphatic carbocycles. The van der Waals surface area contributed by atoms with Crippen molar-refractivity contribution in [1.82, 2.24) is 4.90 Å². The van der Waals surface area contributed by atoms with Crippen molar-refractivity contribution in [2.75, 3.05) is 11.4 Å². The molecule has 3 rings (SSSR count). The minimum absolute atomic E-state index is 0.103. The van der Waals surface area contributed by atoms with Crippen LogP contribution in [0.4, 0.5) is 18.9 Å². The maximum absolute atomic E-state index is 13.1. The Morgan fingerprint density at radius 3 is 2.72 bits per heavy atom. The van der Waals surface area contributed by atoms with Crippen LogP contribution in [-0.4, -0.2) is 23.5 Å². The summed E-state index contributed by atoms with van der Waals surface area (Å²) in [5.41, 5.74) is 5.63. The van der Waals surface area contributed by atoms with E-state index in [0.29, 0.717) is 22.6 Å². The van der Waals surface area contributed by atoms with Gasteiger partial charge in [0.1, 0.15) is 6.54 Å². The number of alkyl halides is 3. The number of benzene rings is 1. The van der Waals surface area contributed by atoms with Crippen molar-refractivity contribution < 1.29 is 18.0 Å². The largest absolute Gasteiger partial charge is 0.406 e. The molecule has 2 N–H and O–H groups in total. The first-order chi connectivity index (χ1) is 11.8. The van der Waals surface area contributed by atoms with Gasteiger partial charge in [0.15, 0.2) is 5.54 Å². The van der Waals surface area contributed by atoms with Crippen LogP contribution in [0.1, 0.15) is 24.0 Å². The van der Waals surface area contributed by atoms with E-state index in [1.54, 1.807) is 0 Å². The maximum atomic E-state index is 13.1. The number of carbonyl (C=O) groups excluding carboxylic acids is 1. The summed E-state index contributed by atoms with van der Waals surface area (Å²) in [7, 11) is 0. The highest BCUT2D eigenvalue weighted by Gasteiger charge is 2.58. The first-order valence-electron chi connectivity index (χ1n) is 7.54. The van der Waals surface area contributed by atoms with E-state index >= 15 is 0 Å². The fourth-order valence-electron chi connectivity index (χ4n) is 3.66. The van der Waals surface area contributed by atoms with E-state index in [2.05, 4.69) is 6.58 Å². The van der Waals surface area contributed by atoms with Crippen LogP contribution in [0.25, 0.3) is 0 Å². The van der Waals surface area contributed by atoms with Crippen molar-refractivity contribution in [1.29, 1.82) is 5.26 Å². The first kappa shape index (κ1) is 16.9. The molecule has 0 aromatic heterocycles. The highest BCUT2D eigenvalue weighted by Crippen LogP contribution is 2.53.